The summed E-state index contributed by atoms with van der Waals surface area (Å²) in [5.74, 6) is 0.0899. The first-order valence-corrected chi connectivity index (χ1v) is 12.3. The standard InChI is InChI=1S/C28H34F3N5O2/c1-18(2)16-35(26(38)32-21-12-10-20(11-13-21)28(29,30)31)17-25(37)33-24-15-23(27(4,5)6)34-36(24)22-9-7-8-19(3)14-22/h7-15,18H,16-17H2,1-6H3,(H,32,38)(H,33,37). The molecule has 0 spiro atoms. The van der Waals surface area contributed by atoms with Gasteiger partial charge in [-0.1, -0.05) is 46.8 Å². The highest BCUT2D eigenvalue weighted by atomic mass is 19.4. The van der Waals surface area contributed by atoms with E-state index in [4.69, 9.17) is 5.10 Å². The van der Waals surface area contributed by atoms with Gasteiger partial charge in [0, 0.05) is 23.7 Å². The Hall–Kier alpha value is -3.82. The minimum Gasteiger partial charge on any atom is -0.315 e. The number of halogens is 3. The zero-order valence-electron chi connectivity index (χ0n) is 22.5. The lowest BCUT2D eigenvalue weighted by atomic mass is 9.92. The van der Waals surface area contributed by atoms with E-state index in [9.17, 15) is 22.8 Å². The Kier molecular flexibility index (Phi) is 8.54. The Bertz CT molecular complexity index is 1270. The van der Waals surface area contributed by atoms with Gasteiger partial charge in [-0.05, 0) is 54.8 Å². The van der Waals surface area contributed by atoms with Gasteiger partial charge >= 0.3 is 12.2 Å². The van der Waals surface area contributed by atoms with Gasteiger partial charge in [-0.15, -0.1) is 0 Å². The predicted octanol–water partition coefficient (Wildman–Crippen LogP) is 6.63. The molecule has 0 unspecified atom stereocenters. The molecule has 0 bridgehead atoms. The molecule has 0 saturated carbocycles. The minimum atomic E-state index is -4.47. The molecule has 7 nitrogen and oxygen atoms in total. The van der Waals surface area contributed by atoms with Gasteiger partial charge in [0.05, 0.1) is 16.9 Å². The van der Waals surface area contributed by atoms with Gasteiger partial charge in [0.25, 0.3) is 0 Å². The summed E-state index contributed by atoms with van der Waals surface area (Å²) < 4.78 is 40.2. The van der Waals surface area contributed by atoms with Crippen molar-refractivity contribution in [2.45, 2.75) is 53.1 Å². The Labute approximate surface area is 221 Å². The fourth-order valence-electron chi connectivity index (χ4n) is 3.75. The molecule has 0 aliphatic carbocycles. The fourth-order valence-corrected chi connectivity index (χ4v) is 3.75. The van der Waals surface area contributed by atoms with Gasteiger partial charge in [0.15, 0.2) is 0 Å². The number of aromatic nitrogens is 2. The number of hydrogen-bond donors (Lipinski definition) is 2. The number of rotatable bonds is 7. The molecule has 2 aromatic carbocycles. The molecule has 3 rings (SSSR count). The van der Waals surface area contributed by atoms with Crippen molar-refractivity contribution in [2.24, 2.45) is 5.92 Å². The monoisotopic (exact) mass is 529 g/mol. The van der Waals surface area contributed by atoms with E-state index < -0.39 is 23.7 Å². The third kappa shape index (κ3) is 7.60. The Morgan fingerprint density at radius 2 is 1.66 bits per heavy atom. The molecule has 0 atom stereocenters. The first kappa shape index (κ1) is 28.7. The van der Waals surface area contributed by atoms with Gasteiger partial charge in [-0.25, -0.2) is 9.48 Å². The first-order chi connectivity index (χ1) is 17.6. The second-order valence-corrected chi connectivity index (χ2v) is 10.7. The van der Waals surface area contributed by atoms with Crippen LogP contribution in [0.15, 0.2) is 54.6 Å². The summed E-state index contributed by atoms with van der Waals surface area (Å²) in [5, 5.41) is 10.2. The zero-order chi connectivity index (χ0) is 28.3. The van der Waals surface area contributed by atoms with Crippen LogP contribution in [0.5, 0.6) is 0 Å². The number of amides is 3. The molecule has 0 radical (unpaired) electrons. The Morgan fingerprint density at radius 1 is 1.00 bits per heavy atom. The summed E-state index contributed by atoms with van der Waals surface area (Å²) >= 11 is 0. The van der Waals surface area contributed by atoms with E-state index in [2.05, 4.69) is 10.6 Å². The number of nitrogens with one attached hydrogen (secondary N) is 2. The van der Waals surface area contributed by atoms with Gasteiger partial charge < -0.3 is 15.5 Å². The van der Waals surface area contributed by atoms with Crippen molar-refractivity contribution < 1.29 is 22.8 Å². The average molecular weight is 530 g/mol. The predicted molar refractivity (Wildman–Crippen MR) is 143 cm³/mol. The van der Waals surface area contributed by atoms with Crippen molar-refractivity contribution in [3.8, 4) is 5.69 Å². The molecule has 0 aliphatic rings. The van der Waals surface area contributed by atoms with Crippen LogP contribution >= 0.6 is 0 Å². The number of alkyl halides is 3. The fraction of sp³-hybridized carbons (Fsp3) is 0.393. The van der Waals surface area contributed by atoms with Crippen molar-refractivity contribution in [3.63, 3.8) is 0 Å². The average Bonchev–Trinajstić information content (AvgIpc) is 3.22. The van der Waals surface area contributed by atoms with Gasteiger partial charge in [-0.3, -0.25) is 4.79 Å². The van der Waals surface area contributed by atoms with E-state index in [1.54, 1.807) is 4.68 Å². The normalized spacial score (nSPS) is 11.9. The van der Waals surface area contributed by atoms with Crippen molar-refractivity contribution >= 4 is 23.4 Å². The highest BCUT2D eigenvalue weighted by molar-refractivity contribution is 5.96. The number of hydrogen-bond acceptors (Lipinski definition) is 3. The molecule has 38 heavy (non-hydrogen) atoms. The molecule has 3 aromatic rings. The smallest absolute Gasteiger partial charge is 0.315 e. The lowest BCUT2D eigenvalue weighted by molar-refractivity contribution is -0.137. The number of carbonyl (C=O) groups is 2. The highest BCUT2D eigenvalue weighted by Crippen LogP contribution is 2.30. The molecular weight excluding hydrogens is 495 g/mol. The van der Waals surface area contributed by atoms with Crippen LogP contribution in [0.2, 0.25) is 0 Å². The van der Waals surface area contributed by atoms with Gasteiger partial charge in [-0.2, -0.15) is 18.3 Å². The largest absolute Gasteiger partial charge is 0.416 e. The maximum Gasteiger partial charge on any atom is 0.416 e. The number of urea groups is 1. The topological polar surface area (TPSA) is 79.3 Å². The number of nitrogens with zero attached hydrogens (tertiary/aromatic N) is 3. The summed E-state index contributed by atoms with van der Waals surface area (Å²) in [6.45, 7) is 11.9. The van der Waals surface area contributed by atoms with E-state index >= 15 is 0 Å². The van der Waals surface area contributed by atoms with Crippen LogP contribution in [0.3, 0.4) is 0 Å². The highest BCUT2D eigenvalue weighted by Gasteiger charge is 2.30. The lowest BCUT2D eigenvalue weighted by Gasteiger charge is -2.24. The van der Waals surface area contributed by atoms with E-state index in [1.807, 2.05) is 71.9 Å². The number of anilines is 2. The molecular formula is C28H34F3N5O2. The van der Waals surface area contributed by atoms with E-state index in [0.29, 0.717) is 5.82 Å². The molecule has 3 amide bonds. The minimum absolute atomic E-state index is 0.0477. The summed E-state index contributed by atoms with van der Waals surface area (Å²) in [4.78, 5) is 27.4. The van der Waals surface area contributed by atoms with E-state index in [1.165, 1.54) is 17.0 Å². The van der Waals surface area contributed by atoms with E-state index in [-0.39, 0.29) is 30.1 Å². The maximum absolute atomic E-state index is 13.1. The Morgan fingerprint density at radius 3 is 2.21 bits per heavy atom. The van der Waals surface area contributed by atoms with Gasteiger partial charge in [0.2, 0.25) is 5.91 Å². The summed E-state index contributed by atoms with van der Waals surface area (Å²) in [7, 11) is 0. The Balaban J connectivity index is 1.79. The number of aryl methyl sites for hydroxylation is 1. The molecule has 0 fully saturated rings. The molecule has 0 saturated heterocycles. The second-order valence-electron chi connectivity index (χ2n) is 10.7. The molecule has 0 aliphatic heterocycles. The second kappa shape index (κ2) is 11.3. The van der Waals surface area contributed by atoms with Crippen LogP contribution in [-0.2, 0) is 16.4 Å². The lowest BCUT2D eigenvalue weighted by Crippen LogP contribution is -2.42. The molecule has 204 valence electrons. The van der Waals surface area contributed by atoms with Gasteiger partial charge in [0.1, 0.15) is 12.4 Å². The van der Waals surface area contributed by atoms with Crippen LogP contribution in [0, 0.1) is 12.8 Å². The third-order valence-corrected chi connectivity index (χ3v) is 5.66. The molecule has 1 heterocycles. The van der Waals surface area contributed by atoms with Crippen molar-refractivity contribution in [1.82, 2.24) is 14.7 Å². The van der Waals surface area contributed by atoms with Crippen LogP contribution in [0.25, 0.3) is 5.69 Å². The van der Waals surface area contributed by atoms with Crippen LogP contribution < -0.4 is 10.6 Å². The first-order valence-electron chi connectivity index (χ1n) is 12.3. The SMILES string of the molecule is Cc1cccc(-n2nc(C(C)(C)C)cc2NC(=O)CN(CC(C)C)C(=O)Nc2ccc(C(F)(F)F)cc2)c1. The maximum atomic E-state index is 13.1. The number of benzene rings is 2. The van der Waals surface area contributed by atoms with Crippen molar-refractivity contribution in [3.05, 3.63) is 71.4 Å². The quantitative estimate of drug-likeness (QED) is 0.361. The third-order valence-electron chi connectivity index (χ3n) is 5.66. The van der Waals surface area contributed by atoms with Crippen molar-refractivity contribution in [2.75, 3.05) is 23.7 Å². The van der Waals surface area contributed by atoms with Crippen LogP contribution in [-0.4, -0.2) is 39.7 Å². The molecule has 2 N–H and O–H groups in total. The summed E-state index contributed by atoms with van der Waals surface area (Å²) in [6, 6.07) is 13.1. The summed E-state index contributed by atoms with van der Waals surface area (Å²) in [5.41, 5.74) is 1.73. The molecule has 1 aromatic heterocycles. The number of carbonyl (C=O) groups excluding carboxylic acids is 2. The molecule has 10 heteroatoms. The van der Waals surface area contributed by atoms with Crippen molar-refractivity contribution in [1.29, 1.82) is 0 Å². The zero-order valence-corrected chi connectivity index (χ0v) is 22.5. The summed E-state index contributed by atoms with van der Waals surface area (Å²) in [6.07, 6.45) is -4.47. The van der Waals surface area contributed by atoms with E-state index in [0.717, 1.165) is 29.1 Å². The van der Waals surface area contributed by atoms with Crippen LogP contribution in [0.1, 0.15) is 51.4 Å². The van der Waals surface area contributed by atoms with Crippen LogP contribution in [0.4, 0.5) is 29.5 Å².